The molecule has 1 N–H and O–H groups in total. The number of hydrogen-bond acceptors (Lipinski definition) is 5. The van der Waals surface area contributed by atoms with Crippen molar-refractivity contribution in [3.8, 4) is 0 Å². The minimum atomic E-state index is -3.60. The molecule has 6 nitrogen and oxygen atoms in total. The third kappa shape index (κ3) is 2.88. The Bertz CT molecular complexity index is 577. The van der Waals surface area contributed by atoms with Gasteiger partial charge in [-0.1, -0.05) is 13.0 Å². The summed E-state index contributed by atoms with van der Waals surface area (Å²) in [6.45, 7) is 2.19. The average molecular weight is 318 g/mol. The number of β-amino-alcohol motifs (C(OH)–C–C–N with tert-alkyl or cyclic N) is 1. The summed E-state index contributed by atoms with van der Waals surface area (Å²) < 4.78 is 25.6. The van der Waals surface area contributed by atoms with E-state index < -0.39 is 15.6 Å². The molecule has 1 aliphatic rings. The van der Waals surface area contributed by atoms with Crippen LogP contribution in [0.25, 0.3) is 0 Å². The van der Waals surface area contributed by atoms with Crippen molar-refractivity contribution >= 4 is 27.3 Å². The molecule has 0 saturated carbocycles. The van der Waals surface area contributed by atoms with Crippen LogP contribution in [0.1, 0.15) is 13.3 Å². The SMILES string of the molecule is CCC1(O)CN(C(=O)CN(C)S(=O)(=O)c2cccs2)C1. The van der Waals surface area contributed by atoms with Crippen LogP contribution in [0, 0.1) is 0 Å². The fourth-order valence-electron chi connectivity index (χ4n) is 2.00. The van der Waals surface area contributed by atoms with E-state index in [1.165, 1.54) is 18.0 Å². The Balaban J connectivity index is 1.96. The van der Waals surface area contributed by atoms with E-state index in [0.717, 1.165) is 15.6 Å². The number of hydrogen-bond donors (Lipinski definition) is 1. The number of rotatable bonds is 5. The van der Waals surface area contributed by atoms with E-state index in [1.807, 2.05) is 6.92 Å². The molecule has 0 aromatic carbocycles. The number of likely N-dealkylation sites (N-methyl/N-ethyl adjacent to an activating group) is 1. The highest BCUT2D eigenvalue weighted by Crippen LogP contribution is 2.25. The van der Waals surface area contributed by atoms with Gasteiger partial charge in [-0.3, -0.25) is 4.79 Å². The molecular formula is C12H18N2O4S2. The molecule has 1 amide bonds. The molecule has 0 atom stereocenters. The fraction of sp³-hybridized carbons (Fsp3) is 0.583. The van der Waals surface area contributed by atoms with Gasteiger partial charge in [0, 0.05) is 7.05 Å². The topological polar surface area (TPSA) is 77.9 Å². The van der Waals surface area contributed by atoms with Gasteiger partial charge in [-0.25, -0.2) is 8.42 Å². The number of carbonyl (C=O) groups excluding carboxylic acids is 1. The molecule has 2 rings (SSSR count). The highest BCUT2D eigenvalue weighted by atomic mass is 32.2. The summed E-state index contributed by atoms with van der Waals surface area (Å²) >= 11 is 1.12. The molecule has 1 saturated heterocycles. The molecule has 0 radical (unpaired) electrons. The van der Waals surface area contributed by atoms with Gasteiger partial charge in [0.15, 0.2) is 0 Å². The number of likely N-dealkylation sites (tertiary alicyclic amines) is 1. The van der Waals surface area contributed by atoms with Crippen LogP contribution in [0.4, 0.5) is 0 Å². The van der Waals surface area contributed by atoms with Gasteiger partial charge in [-0.2, -0.15) is 4.31 Å². The van der Waals surface area contributed by atoms with E-state index in [1.54, 1.807) is 11.4 Å². The van der Waals surface area contributed by atoms with Gasteiger partial charge in [-0.05, 0) is 17.9 Å². The van der Waals surface area contributed by atoms with Crippen LogP contribution in [0.15, 0.2) is 21.7 Å². The highest BCUT2D eigenvalue weighted by molar-refractivity contribution is 7.91. The molecule has 0 aliphatic carbocycles. The van der Waals surface area contributed by atoms with Gasteiger partial charge in [0.05, 0.1) is 25.2 Å². The maximum atomic E-state index is 12.2. The third-order valence-corrected chi connectivity index (χ3v) is 6.68. The number of nitrogens with zero attached hydrogens (tertiary/aromatic N) is 2. The first-order chi connectivity index (χ1) is 9.28. The van der Waals surface area contributed by atoms with Crippen LogP contribution in [0.5, 0.6) is 0 Å². The zero-order valence-electron chi connectivity index (χ0n) is 11.4. The van der Waals surface area contributed by atoms with Gasteiger partial charge in [-0.15, -0.1) is 11.3 Å². The van der Waals surface area contributed by atoms with Crippen LogP contribution in [0.3, 0.4) is 0 Å². The van der Waals surface area contributed by atoms with Gasteiger partial charge >= 0.3 is 0 Å². The van der Waals surface area contributed by atoms with Crippen LogP contribution >= 0.6 is 11.3 Å². The van der Waals surface area contributed by atoms with Crippen molar-refractivity contribution in [2.75, 3.05) is 26.7 Å². The Morgan fingerprint density at radius 1 is 1.55 bits per heavy atom. The fourth-order valence-corrected chi connectivity index (χ4v) is 4.32. The summed E-state index contributed by atoms with van der Waals surface area (Å²) in [5.41, 5.74) is -0.805. The normalized spacial score (nSPS) is 18.1. The predicted molar refractivity (Wildman–Crippen MR) is 76.0 cm³/mol. The zero-order valence-corrected chi connectivity index (χ0v) is 13.1. The van der Waals surface area contributed by atoms with E-state index in [2.05, 4.69) is 0 Å². The maximum Gasteiger partial charge on any atom is 0.252 e. The average Bonchev–Trinajstić information content (AvgIpc) is 2.89. The molecular weight excluding hydrogens is 300 g/mol. The van der Waals surface area contributed by atoms with Crippen molar-refractivity contribution in [3.05, 3.63) is 17.5 Å². The lowest BCUT2D eigenvalue weighted by molar-refractivity contribution is -0.155. The number of thiophene rings is 1. The minimum absolute atomic E-state index is 0.208. The van der Waals surface area contributed by atoms with Crippen molar-refractivity contribution in [3.63, 3.8) is 0 Å². The van der Waals surface area contributed by atoms with E-state index in [4.69, 9.17) is 0 Å². The van der Waals surface area contributed by atoms with E-state index in [0.29, 0.717) is 6.42 Å². The smallest absolute Gasteiger partial charge is 0.252 e. The van der Waals surface area contributed by atoms with Crippen molar-refractivity contribution in [1.82, 2.24) is 9.21 Å². The molecule has 20 heavy (non-hydrogen) atoms. The summed E-state index contributed by atoms with van der Waals surface area (Å²) in [5, 5.41) is 11.5. The lowest BCUT2D eigenvalue weighted by atomic mass is 9.91. The monoisotopic (exact) mass is 318 g/mol. The Morgan fingerprint density at radius 2 is 2.20 bits per heavy atom. The van der Waals surface area contributed by atoms with E-state index in [9.17, 15) is 18.3 Å². The predicted octanol–water partition coefficient (Wildman–Crippen LogP) is 0.352. The minimum Gasteiger partial charge on any atom is -0.386 e. The first-order valence-electron chi connectivity index (χ1n) is 6.28. The Kier molecular flexibility index (Phi) is 4.19. The molecule has 0 unspecified atom stereocenters. The van der Waals surface area contributed by atoms with Crippen LogP contribution in [-0.4, -0.2) is 60.9 Å². The second-order valence-electron chi connectivity index (χ2n) is 5.02. The second-order valence-corrected chi connectivity index (χ2v) is 8.24. The lowest BCUT2D eigenvalue weighted by Crippen LogP contribution is -2.64. The Labute approximate surface area is 122 Å². The van der Waals surface area contributed by atoms with Crippen molar-refractivity contribution < 1.29 is 18.3 Å². The van der Waals surface area contributed by atoms with Crippen LogP contribution < -0.4 is 0 Å². The molecule has 0 bridgehead atoms. The largest absolute Gasteiger partial charge is 0.386 e. The van der Waals surface area contributed by atoms with Gasteiger partial charge in [0.25, 0.3) is 10.0 Å². The summed E-state index contributed by atoms with van der Waals surface area (Å²) in [5.74, 6) is -0.286. The number of aliphatic hydroxyl groups is 1. The van der Waals surface area contributed by atoms with E-state index >= 15 is 0 Å². The zero-order chi connectivity index (χ0) is 15.0. The maximum absolute atomic E-state index is 12.2. The van der Waals surface area contributed by atoms with Crippen molar-refractivity contribution in [2.24, 2.45) is 0 Å². The number of carbonyl (C=O) groups is 1. The molecule has 0 spiro atoms. The van der Waals surface area contributed by atoms with Crippen LogP contribution in [-0.2, 0) is 14.8 Å². The Hall–Kier alpha value is -0.960. The van der Waals surface area contributed by atoms with Crippen molar-refractivity contribution in [2.45, 2.75) is 23.2 Å². The molecule has 112 valence electrons. The van der Waals surface area contributed by atoms with Crippen LogP contribution in [0.2, 0.25) is 0 Å². The number of amides is 1. The van der Waals surface area contributed by atoms with Gasteiger partial charge in [0.2, 0.25) is 5.91 Å². The Morgan fingerprint density at radius 3 is 2.70 bits per heavy atom. The highest BCUT2D eigenvalue weighted by Gasteiger charge is 2.42. The molecule has 1 fully saturated rings. The quantitative estimate of drug-likeness (QED) is 0.850. The van der Waals surface area contributed by atoms with Gasteiger partial charge < -0.3 is 10.0 Å². The summed E-state index contributed by atoms with van der Waals surface area (Å²) in [6, 6.07) is 3.17. The molecule has 8 heteroatoms. The molecule has 1 aromatic rings. The standard InChI is InChI=1S/C12H18N2O4S2/c1-3-12(16)8-14(9-12)10(15)7-13(2)20(17,18)11-5-4-6-19-11/h4-6,16H,3,7-9H2,1-2H3. The summed E-state index contributed by atoms with van der Waals surface area (Å²) in [4.78, 5) is 13.4. The molecule has 2 heterocycles. The second kappa shape index (κ2) is 5.44. The van der Waals surface area contributed by atoms with E-state index in [-0.39, 0.29) is 29.8 Å². The third-order valence-electron chi connectivity index (χ3n) is 3.50. The molecule has 1 aliphatic heterocycles. The lowest BCUT2D eigenvalue weighted by Gasteiger charge is -2.46. The van der Waals surface area contributed by atoms with Gasteiger partial charge in [0.1, 0.15) is 4.21 Å². The van der Waals surface area contributed by atoms with Crippen molar-refractivity contribution in [1.29, 1.82) is 0 Å². The molecule has 1 aromatic heterocycles. The summed E-state index contributed by atoms with van der Waals surface area (Å²) in [7, 11) is -2.21. The first kappa shape index (κ1) is 15.4. The summed E-state index contributed by atoms with van der Waals surface area (Å²) in [6.07, 6.45) is 0.583. The number of sulfonamides is 1. The first-order valence-corrected chi connectivity index (χ1v) is 8.60.